The van der Waals surface area contributed by atoms with Gasteiger partial charge in [0, 0.05) is 24.3 Å². The minimum atomic E-state index is -0.425. The van der Waals surface area contributed by atoms with Crippen molar-refractivity contribution in [3.63, 3.8) is 0 Å². The minimum absolute atomic E-state index is 0.0115. The summed E-state index contributed by atoms with van der Waals surface area (Å²) in [5.41, 5.74) is 6.33. The molecule has 1 saturated carbocycles. The second kappa shape index (κ2) is 6.77. The number of carbonyl (C=O) groups excluding carboxylic acids is 2. The number of nitrogens with one attached hydrogen (secondary N) is 2. The molecule has 2 aliphatic heterocycles. The first-order chi connectivity index (χ1) is 14.0. The molecule has 2 amide bonds. The Hall–Kier alpha value is -2.52. The summed E-state index contributed by atoms with van der Waals surface area (Å²) in [5, 5.41) is 6.04. The molecule has 0 aromatic carbocycles. The van der Waals surface area contributed by atoms with Gasteiger partial charge in [-0.25, -0.2) is 4.98 Å². The molecular formula is C20H23N5O3S. The van der Waals surface area contributed by atoms with E-state index in [0.717, 1.165) is 17.7 Å². The lowest BCUT2D eigenvalue weighted by atomic mass is 9.68. The summed E-state index contributed by atoms with van der Waals surface area (Å²) in [5.74, 6) is -0.142. The van der Waals surface area contributed by atoms with Crippen molar-refractivity contribution < 1.29 is 14.3 Å². The molecule has 0 atom stereocenters. The van der Waals surface area contributed by atoms with Crippen molar-refractivity contribution in [1.82, 2.24) is 20.6 Å². The highest BCUT2D eigenvalue weighted by Crippen LogP contribution is 2.51. The number of amides is 2. The highest BCUT2D eigenvalue weighted by atomic mass is 32.1. The molecule has 8 nitrogen and oxygen atoms in total. The van der Waals surface area contributed by atoms with Crippen molar-refractivity contribution in [1.29, 1.82) is 0 Å². The smallest absolute Gasteiger partial charge is 0.271 e. The molecule has 2 saturated heterocycles. The van der Waals surface area contributed by atoms with Crippen LogP contribution in [0.25, 0.3) is 0 Å². The fourth-order valence-corrected chi connectivity index (χ4v) is 5.85. The van der Waals surface area contributed by atoms with Gasteiger partial charge in [-0.05, 0) is 37.3 Å². The van der Waals surface area contributed by atoms with Crippen LogP contribution in [0.4, 0.5) is 5.82 Å². The van der Waals surface area contributed by atoms with Gasteiger partial charge in [-0.2, -0.15) is 0 Å². The number of nitrogens with zero attached hydrogens (tertiary/aromatic N) is 2. The van der Waals surface area contributed by atoms with E-state index >= 15 is 0 Å². The molecule has 6 rings (SSSR count). The summed E-state index contributed by atoms with van der Waals surface area (Å²) in [6, 6.07) is 2.06. The van der Waals surface area contributed by atoms with Gasteiger partial charge in [-0.1, -0.05) is 0 Å². The van der Waals surface area contributed by atoms with E-state index in [1.165, 1.54) is 35.7 Å². The first kappa shape index (κ1) is 18.5. The Balaban J connectivity index is 1.17. The van der Waals surface area contributed by atoms with Gasteiger partial charge < -0.3 is 21.1 Å². The standard InChI is InChI=1S/C20H23N5O3S/c21-16-7-22-6-13(24-16)17(26)23-10-20-8-19(9-20,11-28-20)25-18(27)15-5-12-3-1-2-4-14(12)29-15/h5-7H,1-4,8-11H2,(H2,21,24)(H,23,26)(H,25,27). The van der Waals surface area contributed by atoms with Gasteiger partial charge in [0.1, 0.15) is 11.5 Å². The second-order valence-corrected chi connectivity index (χ2v) is 9.47. The maximum Gasteiger partial charge on any atom is 0.271 e. The lowest BCUT2D eigenvalue weighted by Crippen LogP contribution is -2.62. The van der Waals surface area contributed by atoms with E-state index in [2.05, 4.69) is 26.7 Å². The minimum Gasteiger partial charge on any atom is -0.382 e. The number of aryl methyl sites for hydroxylation is 2. The molecular weight excluding hydrogens is 390 g/mol. The zero-order chi connectivity index (χ0) is 20.1. The van der Waals surface area contributed by atoms with E-state index in [0.29, 0.717) is 26.0 Å². The fourth-order valence-electron chi connectivity index (χ4n) is 4.70. The molecule has 0 spiro atoms. The van der Waals surface area contributed by atoms with E-state index in [9.17, 15) is 9.59 Å². The number of hydrogen-bond donors (Lipinski definition) is 3. The topological polar surface area (TPSA) is 119 Å². The summed E-state index contributed by atoms with van der Waals surface area (Å²) in [4.78, 5) is 35.1. The normalized spacial score (nSPS) is 27.0. The number of anilines is 1. The summed E-state index contributed by atoms with van der Waals surface area (Å²) < 4.78 is 5.96. The number of nitrogens with two attached hydrogens (primary N) is 1. The molecule has 3 fully saturated rings. The number of thiophene rings is 1. The molecule has 2 bridgehead atoms. The molecule has 4 aliphatic rings. The van der Waals surface area contributed by atoms with E-state index in [1.807, 2.05) is 0 Å². The third kappa shape index (κ3) is 3.38. The predicted molar refractivity (Wildman–Crippen MR) is 108 cm³/mol. The number of carbonyl (C=O) groups is 2. The SMILES string of the molecule is Nc1cncc(C(=O)NCC23CC(NC(=O)c4cc5c(s4)CCCC5)(CO2)C3)n1. The van der Waals surface area contributed by atoms with Crippen LogP contribution in [-0.2, 0) is 17.6 Å². The number of nitrogen functional groups attached to an aromatic ring is 1. The lowest BCUT2D eigenvalue weighted by molar-refractivity contribution is -0.00363. The van der Waals surface area contributed by atoms with E-state index < -0.39 is 5.60 Å². The zero-order valence-electron chi connectivity index (χ0n) is 16.0. The Morgan fingerprint density at radius 3 is 2.83 bits per heavy atom. The van der Waals surface area contributed by atoms with E-state index in [4.69, 9.17) is 10.5 Å². The molecule has 29 heavy (non-hydrogen) atoms. The van der Waals surface area contributed by atoms with Gasteiger partial charge in [0.15, 0.2) is 0 Å². The molecule has 2 aromatic heterocycles. The monoisotopic (exact) mass is 413 g/mol. The number of aromatic nitrogens is 2. The van der Waals surface area contributed by atoms with Crippen LogP contribution in [0.1, 0.15) is 56.3 Å². The Morgan fingerprint density at radius 1 is 1.21 bits per heavy atom. The Labute approximate surface area is 172 Å². The summed E-state index contributed by atoms with van der Waals surface area (Å²) in [6.07, 6.45) is 8.74. The fraction of sp³-hybridized carbons (Fsp3) is 0.500. The molecule has 152 valence electrons. The Bertz CT molecular complexity index is 959. The van der Waals surface area contributed by atoms with Crippen molar-refractivity contribution >= 4 is 29.0 Å². The zero-order valence-corrected chi connectivity index (χ0v) is 16.8. The summed E-state index contributed by atoms with van der Waals surface area (Å²) >= 11 is 1.62. The van der Waals surface area contributed by atoms with Crippen LogP contribution in [0, 0.1) is 0 Å². The average molecular weight is 414 g/mol. The Kier molecular flexibility index (Phi) is 4.32. The van der Waals surface area contributed by atoms with Crippen molar-refractivity contribution in [3.8, 4) is 0 Å². The number of rotatable bonds is 5. The Morgan fingerprint density at radius 2 is 2.03 bits per heavy atom. The quantitative estimate of drug-likeness (QED) is 0.683. The van der Waals surface area contributed by atoms with Crippen LogP contribution in [0.3, 0.4) is 0 Å². The van der Waals surface area contributed by atoms with Gasteiger partial charge >= 0.3 is 0 Å². The number of hydrogen-bond acceptors (Lipinski definition) is 7. The van der Waals surface area contributed by atoms with Crippen LogP contribution in [-0.4, -0.2) is 46.1 Å². The lowest BCUT2D eigenvalue weighted by Gasteiger charge is -2.44. The van der Waals surface area contributed by atoms with Crippen LogP contribution in [0.15, 0.2) is 18.5 Å². The van der Waals surface area contributed by atoms with E-state index in [-0.39, 0.29) is 28.9 Å². The van der Waals surface area contributed by atoms with Crippen molar-refractivity contribution in [2.24, 2.45) is 0 Å². The largest absolute Gasteiger partial charge is 0.382 e. The molecule has 2 aliphatic carbocycles. The molecule has 0 unspecified atom stereocenters. The summed E-state index contributed by atoms with van der Waals surface area (Å²) in [6.45, 7) is 0.838. The highest BCUT2D eigenvalue weighted by molar-refractivity contribution is 7.14. The van der Waals surface area contributed by atoms with Crippen molar-refractivity contribution in [2.75, 3.05) is 18.9 Å². The van der Waals surface area contributed by atoms with Gasteiger partial charge in [0.05, 0.1) is 35.0 Å². The van der Waals surface area contributed by atoms with Crippen molar-refractivity contribution in [3.05, 3.63) is 39.5 Å². The van der Waals surface area contributed by atoms with Crippen molar-refractivity contribution in [2.45, 2.75) is 49.7 Å². The number of fused-ring (bicyclic) bond motifs is 2. The maximum atomic E-state index is 12.8. The predicted octanol–water partition coefficient (Wildman–Crippen LogP) is 1.46. The number of ether oxygens (including phenoxy) is 1. The third-order valence-corrected chi connectivity index (χ3v) is 7.27. The molecule has 0 radical (unpaired) electrons. The van der Waals surface area contributed by atoms with Gasteiger partial charge in [0.2, 0.25) is 0 Å². The third-order valence-electron chi connectivity index (χ3n) is 6.03. The second-order valence-electron chi connectivity index (χ2n) is 8.34. The van der Waals surface area contributed by atoms with E-state index in [1.54, 1.807) is 11.3 Å². The molecule has 4 N–H and O–H groups in total. The van der Waals surface area contributed by atoms with Crippen LogP contribution in [0.5, 0.6) is 0 Å². The average Bonchev–Trinajstić information content (AvgIpc) is 3.37. The molecule has 9 heteroatoms. The van der Waals surface area contributed by atoms with Crippen LogP contribution < -0.4 is 16.4 Å². The van der Waals surface area contributed by atoms with Crippen LogP contribution >= 0.6 is 11.3 Å². The van der Waals surface area contributed by atoms with Crippen LogP contribution in [0.2, 0.25) is 0 Å². The first-order valence-corrected chi connectivity index (χ1v) is 10.7. The summed E-state index contributed by atoms with van der Waals surface area (Å²) in [7, 11) is 0. The first-order valence-electron chi connectivity index (χ1n) is 9.90. The van der Waals surface area contributed by atoms with Gasteiger partial charge in [-0.3, -0.25) is 14.6 Å². The van der Waals surface area contributed by atoms with Gasteiger partial charge in [0.25, 0.3) is 11.8 Å². The molecule has 4 heterocycles. The maximum absolute atomic E-state index is 12.8. The highest BCUT2D eigenvalue weighted by Gasteiger charge is 2.63. The van der Waals surface area contributed by atoms with Gasteiger partial charge in [-0.15, -0.1) is 11.3 Å². The molecule has 2 aromatic rings.